The van der Waals surface area contributed by atoms with E-state index in [1.165, 1.54) is 12.1 Å². The van der Waals surface area contributed by atoms with E-state index in [-0.39, 0.29) is 17.8 Å². The van der Waals surface area contributed by atoms with Crippen molar-refractivity contribution in [1.29, 1.82) is 0 Å². The normalized spacial score (nSPS) is 20.7. The second-order valence-electron chi connectivity index (χ2n) is 6.66. The van der Waals surface area contributed by atoms with E-state index in [2.05, 4.69) is 20.3 Å². The quantitative estimate of drug-likeness (QED) is 0.697. The summed E-state index contributed by atoms with van der Waals surface area (Å²) in [6, 6.07) is 6.30. The summed E-state index contributed by atoms with van der Waals surface area (Å²) in [6.07, 6.45) is 5.87. The van der Waals surface area contributed by atoms with Gasteiger partial charge in [0, 0.05) is 57.7 Å². The van der Waals surface area contributed by atoms with Gasteiger partial charge in [0.15, 0.2) is 0 Å². The Balaban J connectivity index is 1.45. The zero-order valence-corrected chi connectivity index (χ0v) is 14.8. The second kappa shape index (κ2) is 6.97. The van der Waals surface area contributed by atoms with Gasteiger partial charge in [0.1, 0.15) is 5.82 Å². The summed E-state index contributed by atoms with van der Waals surface area (Å²) < 4.78 is 22.2. The van der Waals surface area contributed by atoms with Crippen LogP contribution in [0.1, 0.15) is 17.2 Å². The van der Waals surface area contributed by atoms with Crippen LogP contribution in [0.3, 0.4) is 0 Å². The molecule has 136 valence electrons. The highest BCUT2D eigenvalue weighted by atomic mass is 19.1. The van der Waals surface area contributed by atoms with Crippen molar-refractivity contribution in [3.63, 3.8) is 0 Å². The predicted octanol–water partition coefficient (Wildman–Crippen LogP) is 1.75. The number of hydrogen-bond acceptors (Lipinski definition) is 5. The minimum absolute atomic E-state index is 0.0962. The van der Waals surface area contributed by atoms with Crippen molar-refractivity contribution in [2.45, 2.75) is 18.6 Å². The Hall–Kier alpha value is -2.58. The molecule has 1 saturated heterocycles. The number of halogens is 1. The summed E-state index contributed by atoms with van der Waals surface area (Å²) in [4.78, 5) is 2.33. The number of aryl methyl sites for hydroxylation is 1. The van der Waals surface area contributed by atoms with Crippen LogP contribution in [-0.2, 0) is 18.3 Å². The fourth-order valence-electron chi connectivity index (χ4n) is 3.47. The van der Waals surface area contributed by atoms with Gasteiger partial charge in [0.2, 0.25) is 0 Å². The lowest BCUT2D eigenvalue weighted by atomic mass is 10.0. The lowest BCUT2D eigenvalue weighted by Gasteiger charge is -2.13. The number of likely N-dealkylation sites (tertiary alicyclic amines) is 1. The Bertz CT molecular complexity index is 874. The molecule has 0 bridgehead atoms. The molecule has 0 spiro atoms. The number of rotatable bonds is 5. The number of hydrogen-bond donors (Lipinski definition) is 0. The maximum atomic E-state index is 13.1. The highest BCUT2D eigenvalue weighted by Gasteiger charge is 2.35. The van der Waals surface area contributed by atoms with Gasteiger partial charge in [-0.2, -0.15) is 5.10 Å². The fraction of sp³-hybridized carbons (Fsp3) is 0.389. The van der Waals surface area contributed by atoms with Crippen molar-refractivity contribution in [3.8, 4) is 5.69 Å². The Morgan fingerprint density at radius 1 is 1.19 bits per heavy atom. The number of ether oxygens (including phenoxy) is 1. The van der Waals surface area contributed by atoms with Gasteiger partial charge in [-0.15, -0.1) is 5.10 Å². The maximum absolute atomic E-state index is 13.1. The number of methoxy groups -OCH3 is 1. The van der Waals surface area contributed by atoms with Crippen molar-refractivity contribution >= 4 is 0 Å². The van der Waals surface area contributed by atoms with Crippen LogP contribution in [0.25, 0.3) is 5.69 Å². The van der Waals surface area contributed by atoms with E-state index in [4.69, 9.17) is 4.74 Å². The van der Waals surface area contributed by atoms with Gasteiger partial charge in [-0.3, -0.25) is 9.58 Å². The van der Waals surface area contributed by atoms with Crippen LogP contribution in [0.2, 0.25) is 0 Å². The van der Waals surface area contributed by atoms with E-state index in [9.17, 15) is 4.39 Å². The van der Waals surface area contributed by atoms with E-state index in [1.54, 1.807) is 28.6 Å². The minimum atomic E-state index is -0.251. The van der Waals surface area contributed by atoms with Gasteiger partial charge in [0.25, 0.3) is 0 Å². The van der Waals surface area contributed by atoms with Crippen molar-refractivity contribution in [3.05, 3.63) is 59.9 Å². The van der Waals surface area contributed by atoms with E-state index in [0.29, 0.717) is 0 Å². The van der Waals surface area contributed by atoms with Crippen LogP contribution in [0, 0.1) is 5.82 Å². The average molecular weight is 356 g/mol. The van der Waals surface area contributed by atoms with Gasteiger partial charge in [-0.25, -0.2) is 9.07 Å². The second-order valence-corrected chi connectivity index (χ2v) is 6.66. The fourth-order valence-corrected chi connectivity index (χ4v) is 3.47. The van der Waals surface area contributed by atoms with Crippen molar-refractivity contribution in [1.82, 2.24) is 29.7 Å². The Morgan fingerprint density at radius 3 is 2.69 bits per heavy atom. The first-order valence-corrected chi connectivity index (χ1v) is 8.53. The highest BCUT2D eigenvalue weighted by Crippen LogP contribution is 2.29. The van der Waals surface area contributed by atoms with Gasteiger partial charge in [-0.1, -0.05) is 5.21 Å². The standard InChI is InChI=1S/C18H21FN6O/c1-23-11-17(21-22-23)16-10-24(12-18(16)26-2)8-13-7-20-25(9-13)15-5-3-14(19)4-6-15/h3-7,9,11,16,18H,8,10,12H2,1-2H3/t16-,18+/m0/s1. The molecule has 1 aliphatic rings. The third kappa shape index (κ3) is 3.38. The number of benzene rings is 1. The van der Waals surface area contributed by atoms with Crippen LogP contribution in [0.5, 0.6) is 0 Å². The van der Waals surface area contributed by atoms with Crippen molar-refractivity contribution in [2.75, 3.05) is 20.2 Å². The number of aromatic nitrogens is 5. The van der Waals surface area contributed by atoms with Gasteiger partial charge < -0.3 is 4.74 Å². The first-order chi connectivity index (χ1) is 12.6. The molecule has 3 heterocycles. The van der Waals surface area contributed by atoms with Crippen LogP contribution < -0.4 is 0 Å². The molecule has 0 amide bonds. The zero-order valence-electron chi connectivity index (χ0n) is 14.8. The van der Waals surface area contributed by atoms with Crippen molar-refractivity contribution < 1.29 is 9.13 Å². The summed E-state index contributed by atoms with van der Waals surface area (Å²) in [7, 11) is 3.61. The SMILES string of the molecule is CO[C@@H]1CN(Cc2cnn(-c3ccc(F)cc3)c2)C[C@H]1c1cn(C)nn1. The summed E-state index contributed by atoms with van der Waals surface area (Å²) in [5.74, 6) is -0.0419. The first kappa shape index (κ1) is 16.9. The summed E-state index contributed by atoms with van der Waals surface area (Å²) in [6.45, 7) is 2.47. The molecule has 0 aliphatic carbocycles. The molecule has 7 nitrogen and oxygen atoms in total. The third-order valence-corrected chi connectivity index (χ3v) is 4.78. The molecular formula is C18H21FN6O. The molecule has 26 heavy (non-hydrogen) atoms. The summed E-state index contributed by atoms with van der Waals surface area (Å²) in [5, 5.41) is 12.7. The zero-order chi connectivity index (χ0) is 18.1. The molecule has 0 unspecified atom stereocenters. The minimum Gasteiger partial charge on any atom is -0.379 e. The Labute approximate surface area is 151 Å². The average Bonchev–Trinajstić information content (AvgIpc) is 3.35. The first-order valence-electron chi connectivity index (χ1n) is 8.53. The van der Waals surface area contributed by atoms with E-state index in [1.807, 2.05) is 25.6 Å². The van der Waals surface area contributed by atoms with E-state index in [0.717, 1.165) is 36.6 Å². The molecule has 0 radical (unpaired) electrons. The monoisotopic (exact) mass is 356 g/mol. The van der Waals surface area contributed by atoms with Crippen LogP contribution in [0.15, 0.2) is 42.9 Å². The topological polar surface area (TPSA) is 61.0 Å². The highest BCUT2D eigenvalue weighted by molar-refractivity contribution is 5.31. The molecule has 2 atom stereocenters. The van der Waals surface area contributed by atoms with E-state index >= 15 is 0 Å². The Kier molecular flexibility index (Phi) is 4.52. The third-order valence-electron chi connectivity index (χ3n) is 4.78. The van der Waals surface area contributed by atoms with Gasteiger partial charge in [-0.05, 0) is 24.3 Å². The van der Waals surface area contributed by atoms with Crippen LogP contribution in [-0.4, -0.2) is 56.0 Å². The lowest BCUT2D eigenvalue weighted by Crippen LogP contribution is -2.22. The van der Waals surface area contributed by atoms with Crippen LogP contribution >= 0.6 is 0 Å². The summed E-state index contributed by atoms with van der Waals surface area (Å²) in [5.41, 5.74) is 2.90. The molecule has 1 fully saturated rings. The molecule has 0 saturated carbocycles. The molecular weight excluding hydrogens is 335 g/mol. The lowest BCUT2D eigenvalue weighted by molar-refractivity contribution is 0.0957. The maximum Gasteiger partial charge on any atom is 0.123 e. The molecule has 1 aliphatic heterocycles. The molecule has 8 heteroatoms. The van der Waals surface area contributed by atoms with E-state index < -0.39 is 0 Å². The smallest absolute Gasteiger partial charge is 0.123 e. The molecule has 3 aromatic rings. The molecule has 1 aromatic carbocycles. The van der Waals surface area contributed by atoms with Crippen LogP contribution in [0.4, 0.5) is 4.39 Å². The number of nitrogens with zero attached hydrogens (tertiary/aromatic N) is 6. The Morgan fingerprint density at radius 2 is 2.00 bits per heavy atom. The molecule has 2 aromatic heterocycles. The summed E-state index contributed by atoms with van der Waals surface area (Å²) >= 11 is 0. The molecule has 4 rings (SSSR count). The van der Waals surface area contributed by atoms with Gasteiger partial charge in [0.05, 0.1) is 23.7 Å². The van der Waals surface area contributed by atoms with Crippen molar-refractivity contribution in [2.24, 2.45) is 7.05 Å². The largest absolute Gasteiger partial charge is 0.379 e. The predicted molar refractivity (Wildman–Crippen MR) is 93.3 cm³/mol. The molecule has 0 N–H and O–H groups in total. The van der Waals surface area contributed by atoms with Gasteiger partial charge >= 0.3 is 0 Å².